The molecule has 1 saturated heterocycles. The number of halogens is 3. The van der Waals surface area contributed by atoms with Gasteiger partial charge in [0, 0.05) is 43.3 Å². The molecular formula is C15H15F3N4OS. The molecular weight excluding hydrogens is 341 g/mol. The number of alkyl halides is 3. The van der Waals surface area contributed by atoms with Gasteiger partial charge in [0.25, 0.3) is 5.91 Å². The van der Waals surface area contributed by atoms with Crippen molar-refractivity contribution >= 4 is 22.6 Å². The molecule has 0 atom stereocenters. The monoisotopic (exact) mass is 356 g/mol. The van der Waals surface area contributed by atoms with Crippen LogP contribution in [0, 0.1) is 6.92 Å². The second kappa shape index (κ2) is 6.39. The molecule has 2 heterocycles. The van der Waals surface area contributed by atoms with Crippen LogP contribution in [0.3, 0.4) is 0 Å². The molecule has 0 radical (unpaired) electrons. The third-order valence-electron chi connectivity index (χ3n) is 3.81. The second-order valence-electron chi connectivity index (χ2n) is 5.48. The van der Waals surface area contributed by atoms with Gasteiger partial charge in [0.2, 0.25) is 5.13 Å². The maximum Gasteiger partial charge on any atom is 0.416 e. The van der Waals surface area contributed by atoms with Gasteiger partial charge in [0.1, 0.15) is 5.82 Å². The highest BCUT2D eigenvalue weighted by molar-refractivity contribution is 7.09. The molecule has 2 aromatic rings. The summed E-state index contributed by atoms with van der Waals surface area (Å²) in [5.74, 6) is 0.468. The molecule has 0 N–H and O–H groups in total. The second-order valence-corrected chi connectivity index (χ2v) is 6.21. The summed E-state index contributed by atoms with van der Waals surface area (Å²) in [6.07, 6.45) is -4.40. The lowest BCUT2D eigenvalue weighted by Gasteiger charge is -2.34. The lowest BCUT2D eigenvalue weighted by molar-refractivity contribution is -0.137. The number of carbonyl (C=O) groups excluding carboxylic acids is 1. The van der Waals surface area contributed by atoms with Crippen molar-refractivity contribution in [2.45, 2.75) is 13.1 Å². The van der Waals surface area contributed by atoms with E-state index in [1.54, 1.807) is 4.90 Å². The molecule has 0 bridgehead atoms. The van der Waals surface area contributed by atoms with Crippen LogP contribution in [-0.2, 0) is 6.18 Å². The summed E-state index contributed by atoms with van der Waals surface area (Å²) in [5, 5.41) is 0.828. The fourth-order valence-electron chi connectivity index (χ4n) is 2.50. The average Bonchev–Trinajstić information content (AvgIpc) is 3.00. The molecule has 24 heavy (non-hydrogen) atoms. The number of hydrogen-bond donors (Lipinski definition) is 0. The Morgan fingerprint density at radius 2 is 1.75 bits per heavy atom. The van der Waals surface area contributed by atoms with Crippen molar-refractivity contribution in [1.29, 1.82) is 0 Å². The predicted octanol–water partition coefficient (Wildman–Crippen LogP) is 2.83. The van der Waals surface area contributed by atoms with Crippen LogP contribution in [0.2, 0.25) is 0 Å². The first-order valence-electron chi connectivity index (χ1n) is 7.36. The molecule has 1 aromatic carbocycles. The molecule has 0 spiro atoms. The number of amides is 1. The van der Waals surface area contributed by atoms with E-state index in [1.807, 2.05) is 6.92 Å². The van der Waals surface area contributed by atoms with Crippen LogP contribution in [0.5, 0.6) is 0 Å². The fourth-order valence-corrected chi connectivity index (χ4v) is 3.23. The van der Waals surface area contributed by atoms with Crippen LogP contribution in [0.1, 0.15) is 21.7 Å². The largest absolute Gasteiger partial charge is 0.416 e. The summed E-state index contributed by atoms with van der Waals surface area (Å²) in [5.41, 5.74) is -0.487. The third-order valence-corrected chi connectivity index (χ3v) is 4.68. The van der Waals surface area contributed by atoms with Crippen LogP contribution < -0.4 is 4.90 Å². The van der Waals surface area contributed by atoms with Crippen molar-refractivity contribution in [3.63, 3.8) is 0 Å². The molecule has 9 heteroatoms. The van der Waals surface area contributed by atoms with Gasteiger partial charge < -0.3 is 9.80 Å². The minimum absolute atomic E-state index is 0.253. The Bertz CT molecular complexity index is 721. The Morgan fingerprint density at radius 3 is 2.25 bits per heavy atom. The number of nitrogens with zero attached hydrogens (tertiary/aromatic N) is 4. The number of aryl methyl sites for hydroxylation is 1. The fraction of sp³-hybridized carbons (Fsp3) is 0.400. The van der Waals surface area contributed by atoms with Crippen LogP contribution in [0.25, 0.3) is 0 Å². The summed E-state index contributed by atoms with van der Waals surface area (Å²) in [6, 6.07) is 4.33. The van der Waals surface area contributed by atoms with Gasteiger partial charge in [-0.3, -0.25) is 4.79 Å². The molecule has 0 aliphatic carbocycles. The van der Waals surface area contributed by atoms with Crippen molar-refractivity contribution in [2.24, 2.45) is 0 Å². The minimum Gasteiger partial charge on any atom is -0.343 e. The van der Waals surface area contributed by atoms with Gasteiger partial charge in [0.05, 0.1) is 5.56 Å². The molecule has 3 rings (SSSR count). The number of anilines is 1. The summed E-state index contributed by atoms with van der Waals surface area (Å²) in [7, 11) is 0. The van der Waals surface area contributed by atoms with Gasteiger partial charge in [-0.15, -0.1) is 0 Å². The predicted molar refractivity (Wildman–Crippen MR) is 84.2 cm³/mol. The van der Waals surface area contributed by atoms with E-state index >= 15 is 0 Å². The molecule has 0 unspecified atom stereocenters. The number of carbonyl (C=O) groups is 1. The van der Waals surface area contributed by atoms with E-state index in [0.717, 1.165) is 23.1 Å². The number of hydrogen-bond acceptors (Lipinski definition) is 5. The first-order valence-corrected chi connectivity index (χ1v) is 8.14. The van der Waals surface area contributed by atoms with Crippen molar-refractivity contribution in [3.8, 4) is 0 Å². The summed E-state index contributed by atoms with van der Waals surface area (Å²) < 4.78 is 41.8. The van der Waals surface area contributed by atoms with E-state index < -0.39 is 11.7 Å². The summed E-state index contributed by atoms with van der Waals surface area (Å²) >= 11 is 1.32. The normalized spacial score (nSPS) is 15.7. The van der Waals surface area contributed by atoms with E-state index in [-0.39, 0.29) is 11.5 Å². The minimum atomic E-state index is -4.40. The lowest BCUT2D eigenvalue weighted by Crippen LogP contribution is -2.48. The highest BCUT2D eigenvalue weighted by atomic mass is 32.1. The summed E-state index contributed by atoms with van der Waals surface area (Å²) in [6.45, 7) is 4.07. The SMILES string of the molecule is Cc1nsc(N2CCN(C(=O)c3ccc(C(F)(F)F)cc3)CC2)n1. The Labute approximate surface area is 140 Å². The van der Waals surface area contributed by atoms with Crippen LogP contribution in [0.4, 0.5) is 18.3 Å². The maximum atomic E-state index is 12.6. The van der Waals surface area contributed by atoms with Crippen molar-refractivity contribution in [1.82, 2.24) is 14.3 Å². The van der Waals surface area contributed by atoms with Gasteiger partial charge in [-0.05, 0) is 31.2 Å². The number of aromatic nitrogens is 2. The topological polar surface area (TPSA) is 49.3 Å². The first kappa shape index (κ1) is 16.7. The molecule has 1 aliphatic heterocycles. The first-order chi connectivity index (χ1) is 11.3. The molecule has 128 valence electrons. The maximum absolute atomic E-state index is 12.6. The third kappa shape index (κ3) is 3.50. The molecule has 1 aromatic heterocycles. The zero-order valence-electron chi connectivity index (χ0n) is 12.9. The van der Waals surface area contributed by atoms with Crippen molar-refractivity contribution in [2.75, 3.05) is 31.1 Å². The standard InChI is InChI=1S/C15H15F3N4OS/c1-10-19-14(24-20-10)22-8-6-21(7-9-22)13(23)11-2-4-12(5-3-11)15(16,17)18/h2-5H,6-9H2,1H3. The van der Waals surface area contributed by atoms with Gasteiger partial charge in [-0.1, -0.05) is 0 Å². The molecule has 1 fully saturated rings. The van der Waals surface area contributed by atoms with E-state index in [0.29, 0.717) is 26.2 Å². The Balaban J connectivity index is 1.63. The average molecular weight is 356 g/mol. The van der Waals surface area contributed by atoms with E-state index in [4.69, 9.17) is 0 Å². The van der Waals surface area contributed by atoms with E-state index in [2.05, 4.69) is 14.3 Å². The quantitative estimate of drug-likeness (QED) is 0.830. The van der Waals surface area contributed by atoms with Crippen LogP contribution in [0.15, 0.2) is 24.3 Å². The number of piperazine rings is 1. The number of rotatable bonds is 2. The summed E-state index contributed by atoms with van der Waals surface area (Å²) in [4.78, 5) is 20.4. The number of benzene rings is 1. The smallest absolute Gasteiger partial charge is 0.343 e. The molecule has 1 amide bonds. The molecule has 1 aliphatic rings. The van der Waals surface area contributed by atoms with Crippen molar-refractivity contribution in [3.05, 3.63) is 41.2 Å². The Morgan fingerprint density at radius 1 is 1.12 bits per heavy atom. The van der Waals surface area contributed by atoms with Gasteiger partial charge >= 0.3 is 6.18 Å². The van der Waals surface area contributed by atoms with E-state index in [9.17, 15) is 18.0 Å². The van der Waals surface area contributed by atoms with Crippen LogP contribution >= 0.6 is 11.5 Å². The van der Waals surface area contributed by atoms with Gasteiger partial charge in [-0.25, -0.2) is 4.98 Å². The van der Waals surface area contributed by atoms with Gasteiger partial charge in [-0.2, -0.15) is 17.5 Å². The lowest BCUT2D eigenvalue weighted by atomic mass is 10.1. The highest BCUT2D eigenvalue weighted by Gasteiger charge is 2.31. The highest BCUT2D eigenvalue weighted by Crippen LogP contribution is 2.29. The Hall–Kier alpha value is -2.16. The molecule has 5 nitrogen and oxygen atoms in total. The zero-order valence-corrected chi connectivity index (χ0v) is 13.7. The van der Waals surface area contributed by atoms with Crippen molar-refractivity contribution < 1.29 is 18.0 Å². The van der Waals surface area contributed by atoms with Crippen LogP contribution in [-0.4, -0.2) is 46.3 Å². The van der Waals surface area contributed by atoms with E-state index in [1.165, 1.54) is 23.7 Å². The Kier molecular flexibility index (Phi) is 4.44. The van der Waals surface area contributed by atoms with Gasteiger partial charge in [0.15, 0.2) is 0 Å². The zero-order chi connectivity index (χ0) is 17.3. The molecule has 0 saturated carbocycles.